The van der Waals surface area contributed by atoms with Crippen molar-refractivity contribution in [2.45, 2.75) is 49.5 Å². The molecule has 0 bridgehead atoms. The number of carbonyl (C=O) groups is 1. The van der Waals surface area contributed by atoms with Crippen molar-refractivity contribution in [1.29, 1.82) is 5.26 Å². The number of hydrogen-bond donors (Lipinski definition) is 1. The monoisotopic (exact) mass is 353 g/mol. The smallest absolute Gasteiger partial charge is 0.228 e. The Morgan fingerprint density at radius 1 is 1.27 bits per heavy atom. The summed E-state index contributed by atoms with van der Waals surface area (Å²) in [7, 11) is 0. The fraction of sp³-hybridized carbons (Fsp3) is 0.619. The lowest BCUT2D eigenvalue weighted by Gasteiger charge is -2.44. The summed E-state index contributed by atoms with van der Waals surface area (Å²) in [5, 5.41) is 11.5. The van der Waals surface area contributed by atoms with Gasteiger partial charge in [-0.05, 0) is 61.7 Å². The molecule has 2 heterocycles. The Hall–Kier alpha value is -1.90. The molecule has 138 valence electrons. The number of hydrogen-bond acceptors (Lipinski definition) is 4. The molecule has 2 aliphatic heterocycles. The molecule has 4 rings (SSSR count). The molecule has 1 aromatic rings. The fourth-order valence-electron chi connectivity index (χ4n) is 5.22. The summed E-state index contributed by atoms with van der Waals surface area (Å²) in [6.07, 6.45) is 5.39. The Balaban J connectivity index is 1.50. The molecule has 5 heteroatoms. The molecule has 1 amide bonds. The molecule has 5 nitrogen and oxygen atoms in total. The standard InChI is InChI=1S/C21H27N3O2/c22-9-10-23-20(25)18-15-21(19-4-2-1-3-17(18)19)7-11-24(12-8-21)16-5-13-26-14-6-16/h1-4,16,18H,5-8,10-15H2,(H,23,25). The number of rotatable bonds is 3. The van der Waals surface area contributed by atoms with Gasteiger partial charge in [0, 0.05) is 19.3 Å². The van der Waals surface area contributed by atoms with Crippen molar-refractivity contribution in [1.82, 2.24) is 10.2 Å². The predicted molar refractivity (Wildman–Crippen MR) is 98.7 cm³/mol. The van der Waals surface area contributed by atoms with Crippen LogP contribution < -0.4 is 5.32 Å². The number of likely N-dealkylation sites (tertiary alicyclic amines) is 1. The van der Waals surface area contributed by atoms with Crippen LogP contribution in [0.3, 0.4) is 0 Å². The van der Waals surface area contributed by atoms with Crippen LogP contribution in [0.1, 0.15) is 49.1 Å². The van der Waals surface area contributed by atoms with Gasteiger partial charge in [-0.25, -0.2) is 0 Å². The van der Waals surface area contributed by atoms with E-state index in [1.165, 1.54) is 11.1 Å². The number of fused-ring (bicyclic) bond motifs is 2. The van der Waals surface area contributed by atoms with E-state index in [0.29, 0.717) is 6.04 Å². The third kappa shape index (κ3) is 3.13. The minimum absolute atomic E-state index is 0.00253. The molecule has 0 aromatic heterocycles. The predicted octanol–water partition coefficient (Wildman–Crippen LogP) is 2.33. The van der Waals surface area contributed by atoms with Crippen molar-refractivity contribution < 1.29 is 9.53 Å². The Bertz CT molecular complexity index is 697. The van der Waals surface area contributed by atoms with Gasteiger partial charge in [0.05, 0.1) is 12.0 Å². The first-order chi connectivity index (χ1) is 12.7. The van der Waals surface area contributed by atoms with Crippen molar-refractivity contribution in [3.63, 3.8) is 0 Å². The van der Waals surface area contributed by atoms with Crippen molar-refractivity contribution in [3.8, 4) is 6.07 Å². The zero-order valence-corrected chi connectivity index (χ0v) is 15.2. The number of benzene rings is 1. The first-order valence-corrected chi connectivity index (χ1v) is 9.79. The second-order valence-corrected chi connectivity index (χ2v) is 7.88. The summed E-state index contributed by atoms with van der Waals surface area (Å²) in [5.74, 6) is -0.114. The maximum absolute atomic E-state index is 12.6. The van der Waals surface area contributed by atoms with Gasteiger partial charge in [-0.15, -0.1) is 0 Å². The average Bonchev–Trinajstić information content (AvgIpc) is 3.02. The molecule has 0 saturated carbocycles. The number of amides is 1. The van der Waals surface area contributed by atoms with E-state index >= 15 is 0 Å². The molecule has 1 N–H and O–H groups in total. The molecule has 2 fully saturated rings. The molecule has 1 spiro atoms. The molecular formula is C21H27N3O2. The van der Waals surface area contributed by atoms with Crippen molar-refractivity contribution in [2.75, 3.05) is 32.8 Å². The van der Waals surface area contributed by atoms with Crippen LogP contribution >= 0.6 is 0 Å². The zero-order valence-electron chi connectivity index (χ0n) is 15.2. The van der Waals surface area contributed by atoms with Gasteiger partial charge in [-0.3, -0.25) is 4.79 Å². The van der Waals surface area contributed by atoms with Crippen LogP contribution in [-0.4, -0.2) is 49.7 Å². The topological polar surface area (TPSA) is 65.4 Å². The highest BCUT2D eigenvalue weighted by atomic mass is 16.5. The summed E-state index contributed by atoms with van der Waals surface area (Å²) in [4.78, 5) is 15.3. The molecule has 1 aromatic carbocycles. The molecular weight excluding hydrogens is 326 g/mol. The number of nitriles is 1. The van der Waals surface area contributed by atoms with Crippen LogP contribution in [0.5, 0.6) is 0 Å². The van der Waals surface area contributed by atoms with Gasteiger partial charge in [-0.2, -0.15) is 5.26 Å². The lowest BCUT2D eigenvalue weighted by atomic mass is 9.73. The number of ether oxygens (including phenoxy) is 1. The first kappa shape index (κ1) is 17.5. The van der Waals surface area contributed by atoms with Gasteiger partial charge in [0.2, 0.25) is 5.91 Å². The largest absolute Gasteiger partial charge is 0.381 e. The van der Waals surface area contributed by atoms with Crippen LogP contribution in [0.2, 0.25) is 0 Å². The van der Waals surface area contributed by atoms with E-state index in [4.69, 9.17) is 10.00 Å². The molecule has 1 unspecified atom stereocenters. The van der Waals surface area contributed by atoms with Crippen LogP contribution in [-0.2, 0) is 14.9 Å². The van der Waals surface area contributed by atoms with Crippen LogP contribution in [0.15, 0.2) is 24.3 Å². The molecule has 3 aliphatic rings. The molecule has 1 aliphatic carbocycles. The summed E-state index contributed by atoms with van der Waals surface area (Å²) in [6.45, 7) is 4.06. The summed E-state index contributed by atoms with van der Waals surface area (Å²) in [6, 6.07) is 11.1. The van der Waals surface area contributed by atoms with E-state index in [1.807, 2.05) is 12.1 Å². The highest BCUT2D eigenvalue weighted by molar-refractivity contribution is 5.85. The minimum Gasteiger partial charge on any atom is -0.381 e. The number of nitrogens with one attached hydrogen (secondary N) is 1. The van der Waals surface area contributed by atoms with E-state index in [2.05, 4.69) is 28.4 Å². The van der Waals surface area contributed by atoms with E-state index in [-0.39, 0.29) is 23.8 Å². The minimum atomic E-state index is -0.116. The zero-order chi connectivity index (χ0) is 18.0. The van der Waals surface area contributed by atoms with Gasteiger partial charge >= 0.3 is 0 Å². The highest BCUT2D eigenvalue weighted by Gasteiger charge is 2.47. The summed E-state index contributed by atoms with van der Waals surface area (Å²) >= 11 is 0. The normalized spacial score (nSPS) is 25.6. The maximum atomic E-state index is 12.6. The molecule has 26 heavy (non-hydrogen) atoms. The Labute approximate surface area is 155 Å². The quantitative estimate of drug-likeness (QED) is 0.847. The summed E-state index contributed by atoms with van der Waals surface area (Å²) in [5.41, 5.74) is 2.65. The average molecular weight is 353 g/mol. The van der Waals surface area contributed by atoms with E-state index in [1.54, 1.807) is 0 Å². The van der Waals surface area contributed by atoms with E-state index < -0.39 is 0 Å². The van der Waals surface area contributed by atoms with Gasteiger partial charge < -0.3 is 15.0 Å². The molecule has 1 atom stereocenters. The van der Waals surface area contributed by atoms with Gasteiger partial charge in [0.15, 0.2) is 0 Å². The van der Waals surface area contributed by atoms with Crippen LogP contribution in [0.25, 0.3) is 0 Å². The Morgan fingerprint density at radius 2 is 2.00 bits per heavy atom. The summed E-state index contributed by atoms with van der Waals surface area (Å²) < 4.78 is 5.51. The lowest BCUT2D eigenvalue weighted by molar-refractivity contribution is -0.122. The van der Waals surface area contributed by atoms with Gasteiger partial charge in [0.1, 0.15) is 6.54 Å². The highest BCUT2D eigenvalue weighted by Crippen LogP contribution is 2.52. The first-order valence-electron chi connectivity index (χ1n) is 9.79. The van der Waals surface area contributed by atoms with E-state index in [9.17, 15) is 4.79 Å². The Kier molecular flexibility index (Phi) is 4.97. The van der Waals surface area contributed by atoms with Crippen LogP contribution in [0, 0.1) is 11.3 Å². The number of piperidine rings is 1. The van der Waals surface area contributed by atoms with Crippen molar-refractivity contribution in [2.24, 2.45) is 0 Å². The van der Waals surface area contributed by atoms with Gasteiger partial charge in [0.25, 0.3) is 0 Å². The maximum Gasteiger partial charge on any atom is 0.228 e. The van der Waals surface area contributed by atoms with Crippen molar-refractivity contribution >= 4 is 5.91 Å². The van der Waals surface area contributed by atoms with Gasteiger partial charge in [-0.1, -0.05) is 24.3 Å². The number of carbonyl (C=O) groups excluding carboxylic acids is 1. The third-order valence-corrected chi connectivity index (χ3v) is 6.62. The second kappa shape index (κ2) is 7.38. The number of nitrogens with zero attached hydrogens (tertiary/aromatic N) is 2. The third-order valence-electron chi connectivity index (χ3n) is 6.62. The Morgan fingerprint density at radius 3 is 2.73 bits per heavy atom. The SMILES string of the molecule is N#CCNC(=O)C1CC2(CCN(C3CCOCC3)CC2)c2ccccc21. The second-order valence-electron chi connectivity index (χ2n) is 7.88. The molecule has 2 saturated heterocycles. The van der Waals surface area contributed by atoms with Crippen molar-refractivity contribution in [3.05, 3.63) is 35.4 Å². The molecule has 0 radical (unpaired) electrons. The lowest BCUT2D eigenvalue weighted by Crippen LogP contribution is -2.48. The van der Waals surface area contributed by atoms with E-state index in [0.717, 1.165) is 58.4 Å². The fourth-order valence-corrected chi connectivity index (χ4v) is 5.22. The van der Waals surface area contributed by atoms with Crippen LogP contribution in [0.4, 0.5) is 0 Å².